The molecule has 0 radical (unpaired) electrons. The summed E-state index contributed by atoms with van der Waals surface area (Å²) < 4.78 is 5.25. The Bertz CT molecular complexity index is 581. The molecule has 0 bridgehead atoms. The van der Waals surface area contributed by atoms with Gasteiger partial charge in [-0.05, 0) is 43.2 Å². The van der Waals surface area contributed by atoms with Crippen molar-refractivity contribution < 1.29 is 14.3 Å². The van der Waals surface area contributed by atoms with Gasteiger partial charge in [-0.3, -0.25) is 4.79 Å². The Morgan fingerprint density at radius 3 is 2.19 bits per heavy atom. The number of ether oxygens (including phenoxy) is 1. The van der Waals surface area contributed by atoms with Gasteiger partial charge < -0.3 is 9.64 Å². The van der Waals surface area contributed by atoms with Gasteiger partial charge in [0, 0.05) is 23.0 Å². The van der Waals surface area contributed by atoms with Crippen molar-refractivity contribution in [3.63, 3.8) is 0 Å². The van der Waals surface area contributed by atoms with Gasteiger partial charge in [-0.2, -0.15) is 0 Å². The molecule has 5 heteroatoms. The molecule has 0 spiro atoms. The highest BCUT2D eigenvalue weighted by Gasteiger charge is 2.32. The van der Waals surface area contributed by atoms with E-state index in [1.807, 2.05) is 17.5 Å². The van der Waals surface area contributed by atoms with Gasteiger partial charge in [0.1, 0.15) is 0 Å². The monoisotopic (exact) mass is 375 g/mol. The molecule has 4 nitrogen and oxygen atoms in total. The van der Waals surface area contributed by atoms with Crippen LogP contribution in [0.3, 0.4) is 0 Å². The molecule has 2 fully saturated rings. The third-order valence-corrected chi connectivity index (χ3v) is 6.33. The Labute approximate surface area is 160 Å². The molecule has 26 heavy (non-hydrogen) atoms. The molecule has 0 aromatic carbocycles. The number of carbonyl (C=O) groups excluding carboxylic acids is 2. The van der Waals surface area contributed by atoms with E-state index in [0.29, 0.717) is 12.1 Å². The van der Waals surface area contributed by atoms with E-state index in [4.69, 9.17) is 4.74 Å². The molecule has 3 rings (SSSR count). The van der Waals surface area contributed by atoms with Crippen LogP contribution in [0.1, 0.15) is 69.1 Å². The molecule has 0 N–H and O–H groups in total. The lowest BCUT2D eigenvalue weighted by atomic mass is 9.88. The molecule has 2 saturated carbocycles. The number of nitrogens with zero attached hydrogens (tertiary/aromatic N) is 1. The minimum absolute atomic E-state index is 0.0123. The fraction of sp³-hybridized carbons (Fsp3) is 0.619. The predicted octanol–water partition coefficient (Wildman–Crippen LogP) is 4.80. The van der Waals surface area contributed by atoms with Crippen LogP contribution in [-0.4, -0.2) is 35.5 Å². The molecule has 2 aliphatic rings. The first kappa shape index (κ1) is 19.2. The second-order valence-electron chi connectivity index (χ2n) is 7.34. The van der Waals surface area contributed by atoms with E-state index in [0.717, 1.165) is 30.6 Å². The Hall–Kier alpha value is -1.62. The summed E-state index contributed by atoms with van der Waals surface area (Å²) in [5.41, 5.74) is 0. The molecular formula is C21H29NO3S. The highest BCUT2D eigenvalue weighted by atomic mass is 32.1. The van der Waals surface area contributed by atoms with Gasteiger partial charge in [0.2, 0.25) is 0 Å². The number of carbonyl (C=O) groups is 2. The molecule has 142 valence electrons. The van der Waals surface area contributed by atoms with Crippen molar-refractivity contribution in [3.8, 4) is 0 Å². The Kier molecular flexibility index (Phi) is 7.30. The van der Waals surface area contributed by atoms with Gasteiger partial charge in [0.25, 0.3) is 5.91 Å². The van der Waals surface area contributed by atoms with Crippen molar-refractivity contribution in [2.45, 2.75) is 76.3 Å². The van der Waals surface area contributed by atoms with E-state index >= 15 is 0 Å². The van der Waals surface area contributed by atoms with Gasteiger partial charge in [0.05, 0.1) is 0 Å². The highest BCUT2D eigenvalue weighted by molar-refractivity contribution is 7.10. The fourth-order valence-electron chi connectivity index (χ4n) is 4.22. The zero-order valence-corrected chi connectivity index (χ0v) is 16.2. The lowest BCUT2D eigenvalue weighted by molar-refractivity contribution is -0.152. The van der Waals surface area contributed by atoms with Crippen LogP contribution in [0.4, 0.5) is 0 Å². The summed E-state index contributed by atoms with van der Waals surface area (Å²) in [6, 6.07) is 4.54. The molecular weight excluding hydrogens is 346 g/mol. The van der Waals surface area contributed by atoms with E-state index in [2.05, 4.69) is 4.90 Å². The number of hydrogen-bond acceptors (Lipinski definition) is 4. The maximum Gasteiger partial charge on any atom is 0.331 e. The topological polar surface area (TPSA) is 46.6 Å². The summed E-state index contributed by atoms with van der Waals surface area (Å²) >= 11 is 1.56. The lowest BCUT2D eigenvalue weighted by Crippen LogP contribution is -2.50. The van der Waals surface area contributed by atoms with Gasteiger partial charge in [-0.15, -0.1) is 11.3 Å². The van der Waals surface area contributed by atoms with Crippen LogP contribution in [0.15, 0.2) is 23.6 Å². The average molecular weight is 376 g/mol. The average Bonchev–Trinajstić information content (AvgIpc) is 3.20. The van der Waals surface area contributed by atoms with E-state index in [1.165, 1.54) is 44.6 Å². The van der Waals surface area contributed by atoms with Crippen LogP contribution in [0.2, 0.25) is 0 Å². The van der Waals surface area contributed by atoms with E-state index in [-0.39, 0.29) is 12.5 Å². The maximum atomic E-state index is 12.9. The maximum absolute atomic E-state index is 12.9. The predicted molar refractivity (Wildman–Crippen MR) is 105 cm³/mol. The third-order valence-electron chi connectivity index (χ3n) is 5.49. The van der Waals surface area contributed by atoms with Crippen molar-refractivity contribution in [1.29, 1.82) is 0 Å². The van der Waals surface area contributed by atoms with Gasteiger partial charge >= 0.3 is 5.97 Å². The molecule has 0 unspecified atom stereocenters. The molecule has 0 aliphatic heterocycles. The quantitative estimate of drug-likeness (QED) is 0.530. The highest BCUT2D eigenvalue weighted by Crippen LogP contribution is 2.30. The normalized spacial score (nSPS) is 19.5. The summed E-state index contributed by atoms with van der Waals surface area (Å²) in [7, 11) is 0. The SMILES string of the molecule is O=C(/C=C/c1cccs1)OCC(=O)N(C1CCCCC1)C1CCCCC1. The number of hydrogen-bond donors (Lipinski definition) is 0. The first-order valence-corrected chi connectivity index (χ1v) is 10.8. The number of amides is 1. The smallest absolute Gasteiger partial charge is 0.331 e. The summed E-state index contributed by atoms with van der Waals surface area (Å²) in [5.74, 6) is -0.458. The van der Waals surface area contributed by atoms with E-state index < -0.39 is 5.97 Å². The first-order chi connectivity index (χ1) is 12.7. The van der Waals surface area contributed by atoms with Crippen LogP contribution in [0.5, 0.6) is 0 Å². The summed E-state index contributed by atoms with van der Waals surface area (Å²) in [4.78, 5) is 27.9. The van der Waals surface area contributed by atoms with Crippen LogP contribution in [0, 0.1) is 0 Å². The van der Waals surface area contributed by atoms with Crippen LogP contribution < -0.4 is 0 Å². The summed E-state index contributed by atoms with van der Waals surface area (Å²) in [5, 5.41) is 1.96. The Balaban J connectivity index is 1.56. The molecule has 1 amide bonds. The molecule has 1 aromatic rings. The lowest BCUT2D eigenvalue weighted by Gasteiger charge is -2.41. The van der Waals surface area contributed by atoms with Gasteiger partial charge in [0.15, 0.2) is 6.61 Å². The molecule has 0 atom stereocenters. The van der Waals surface area contributed by atoms with E-state index in [1.54, 1.807) is 17.4 Å². The molecule has 0 saturated heterocycles. The fourth-order valence-corrected chi connectivity index (χ4v) is 4.83. The summed E-state index contributed by atoms with van der Waals surface area (Å²) in [6.07, 6.45) is 14.8. The first-order valence-electron chi connectivity index (χ1n) is 9.93. The standard InChI is InChI=1S/C21H29NO3S/c23-20(16-25-21(24)14-13-19-12-7-15-26-19)22(17-8-3-1-4-9-17)18-10-5-2-6-11-18/h7,12-15,17-18H,1-6,8-11,16H2/b14-13+. The minimum Gasteiger partial charge on any atom is -0.452 e. The van der Waals surface area contributed by atoms with Crippen molar-refractivity contribution in [2.24, 2.45) is 0 Å². The van der Waals surface area contributed by atoms with Crippen LogP contribution in [0.25, 0.3) is 6.08 Å². The number of esters is 1. The van der Waals surface area contributed by atoms with Crippen molar-refractivity contribution >= 4 is 29.3 Å². The van der Waals surface area contributed by atoms with Gasteiger partial charge in [-0.1, -0.05) is 44.6 Å². The zero-order chi connectivity index (χ0) is 18.2. The van der Waals surface area contributed by atoms with E-state index in [9.17, 15) is 9.59 Å². The zero-order valence-electron chi connectivity index (χ0n) is 15.4. The van der Waals surface area contributed by atoms with Gasteiger partial charge in [-0.25, -0.2) is 4.79 Å². The minimum atomic E-state index is -0.445. The van der Waals surface area contributed by atoms with Crippen molar-refractivity contribution in [2.75, 3.05) is 6.61 Å². The van der Waals surface area contributed by atoms with Crippen molar-refractivity contribution in [1.82, 2.24) is 4.90 Å². The number of thiophene rings is 1. The largest absolute Gasteiger partial charge is 0.452 e. The summed E-state index contributed by atoms with van der Waals surface area (Å²) in [6.45, 7) is -0.138. The molecule has 1 aromatic heterocycles. The van der Waals surface area contributed by atoms with Crippen molar-refractivity contribution in [3.05, 3.63) is 28.5 Å². The Morgan fingerprint density at radius 2 is 1.65 bits per heavy atom. The molecule has 1 heterocycles. The third kappa shape index (κ3) is 5.44. The van der Waals surface area contributed by atoms with Crippen LogP contribution in [-0.2, 0) is 14.3 Å². The Morgan fingerprint density at radius 1 is 1.04 bits per heavy atom. The molecule has 2 aliphatic carbocycles. The number of rotatable bonds is 6. The second kappa shape index (κ2) is 9.91. The second-order valence-corrected chi connectivity index (χ2v) is 8.32. The van der Waals surface area contributed by atoms with Crippen LogP contribution >= 0.6 is 11.3 Å².